The number of carbonyl (C=O) groups is 2. The van der Waals surface area contributed by atoms with Crippen LogP contribution in [0.4, 0.5) is 0 Å². The van der Waals surface area contributed by atoms with Crippen molar-refractivity contribution in [2.45, 2.75) is 13.8 Å². The van der Waals surface area contributed by atoms with Crippen LogP contribution < -0.4 is 9.47 Å². The van der Waals surface area contributed by atoms with E-state index in [1.165, 1.54) is 23.3 Å². The second-order valence-corrected chi connectivity index (χ2v) is 7.56. The molecule has 1 amide bonds. The van der Waals surface area contributed by atoms with E-state index >= 15 is 0 Å². The highest BCUT2D eigenvalue weighted by Gasteiger charge is 2.22. The summed E-state index contributed by atoms with van der Waals surface area (Å²) >= 11 is 1.50. The molecule has 0 aliphatic heterocycles. The van der Waals surface area contributed by atoms with Gasteiger partial charge in [-0.15, -0.1) is 11.3 Å². The van der Waals surface area contributed by atoms with Gasteiger partial charge in [0.15, 0.2) is 23.2 Å². The molecule has 0 saturated carbocycles. The summed E-state index contributed by atoms with van der Waals surface area (Å²) in [6.45, 7) is 3.60. The Morgan fingerprint density at radius 1 is 1.21 bits per heavy atom. The van der Waals surface area contributed by atoms with Gasteiger partial charge in [0.05, 0.1) is 12.7 Å². The molecule has 0 atom stereocenters. The number of Topliss-reactive ketones (excluding diaryl/α,β-unsaturated/α-hetero) is 1. The SMILES string of the molecule is COc1cccc(C(=O)N(C)C)c1OCC(=O)c1cc(C)n(-c2nccs2)c1C. The molecular weight excluding hydrogens is 390 g/mol. The van der Waals surface area contributed by atoms with Gasteiger partial charge in [-0.25, -0.2) is 4.98 Å². The molecule has 0 fully saturated rings. The van der Waals surface area contributed by atoms with Crippen LogP contribution in [0.3, 0.4) is 0 Å². The molecule has 0 radical (unpaired) electrons. The monoisotopic (exact) mass is 413 g/mol. The topological polar surface area (TPSA) is 73.7 Å². The average molecular weight is 413 g/mol. The third kappa shape index (κ3) is 4.02. The molecule has 0 aliphatic rings. The Morgan fingerprint density at radius 3 is 2.59 bits per heavy atom. The first kappa shape index (κ1) is 20.6. The number of hydrogen-bond donors (Lipinski definition) is 0. The first-order chi connectivity index (χ1) is 13.8. The van der Waals surface area contributed by atoms with Crippen LogP contribution in [0.25, 0.3) is 5.13 Å². The largest absolute Gasteiger partial charge is 0.493 e. The number of amides is 1. The van der Waals surface area contributed by atoms with Crippen LogP contribution in [0.15, 0.2) is 35.8 Å². The van der Waals surface area contributed by atoms with Crippen molar-refractivity contribution in [2.75, 3.05) is 27.8 Å². The van der Waals surface area contributed by atoms with E-state index in [-0.39, 0.29) is 24.0 Å². The Labute approximate surface area is 173 Å². The van der Waals surface area contributed by atoms with Crippen LogP contribution >= 0.6 is 11.3 Å². The normalized spacial score (nSPS) is 10.7. The quantitative estimate of drug-likeness (QED) is 0.554. The molecule has 3 aromatic rings. The van der Waals surface area contributed by atoms with Gasteiger partial charge in [0.2, 0.25) is 5.78 Å². The molecular formula is C21H23N3O4S. The molecule has 2 heterocycles. The fourth-order valence-electron chi connectivity index (χ4n) is 3.12. The van der Waals surface area contributed by atoms with Crippen molar-refractivity contribution < 1.29 is 19.1 Å². The lowest BCUT2D eigenvalue weighted by Gasteiger charge is -2.17. The molecule has 0 spiro atoms. The Bertz CT molecular complexity index is 1040. The van der Waals surface area contributed by atoms with Gasteiger partial charge in [-0.3, -0.25) is 14.2 Å². The Morgan fingerprint density at radius 2 is 1.97 bits per heavy atom. The van der Waals surface area contributed by atoms with Crippen molar-refractivity contribution in [3.63, 3.8) is 0 Å². The molecule has 3 rings (SSSR count). The number of para-hydroxylation sites is 1. The maximum atomic E-state index is 12.9. The van der Waals surface area contributed by atoms with Crippen LogP contribution in [-0.4, -0.2) is 54.0 Å². The van der Waals surface area contributed by atoms with Gasteiger partial charge < -0.3 is 14.4 Å². The minimum absolute atomic E-state index is 0.185. The third-order valence-corrected chi connectivity index (χ3v) is 5.28. The van der Waals surface area contributed by atoms with Crippen molar-refractivity contribution in [2.24, 2.45) is 0 Å². The summed E-state index contributed by atoms with van der Waals surface area (Å²) in [4.78, 5) is 31.1. The number of aromatic nitrogens is 2. The Hall–Kier alpha value is -3.13. The first-order valence-electron chi connectivity index (χ1n) is 8.98. The molecule has 29 heavy (non-hydrogen) atoms. The van der Waals surface area contributed by atoms with E-state index in [1.807, 2.05) is 29.9 Å². The van der Waals surface area contributed by atoms with Crippen LogP contribution in [-0.2, 0) is 0 Å². The third-order valence-electron chi connectivity index (χ3n) is 4.53. The predicted octanol–water partition coefficient (Wildman–Crippen LogP) is 3.52. The number of carbonyl (C=O) groups excluding carboxylic acids is 2. The number of ether oxygens (including phenoxy) is 2. The number of hydrogen-bond acceptors (Lipinski definition) is 6. The van der Waals surface area contributed by atoms with Crippen LogP contribution in [0.1, 0.15) is 32.1 Å². The summed E-state index contributed by atoms with van der Waals surface area (Å²) < 4.78 is 13.1. The lowest BCUT2D eigenvalue weighted by Crippen LogP contribution is -2.23. The number of benzene rings is 1. The molecule has 0 N–H and O–H groups in total. The zero-order chi connectivity index (χ0) is 21.1. The van der Waals surface area contributed by atoms with E-state index in [2.05, 4.69) is 4.98 Å². The highest BCUT2D eigenvalue weighted by atomic mass is 32.1. The molecule has 0 unspecified atom stereocenters. The van der Waals surface area contributed by atoms with Crippen molar-refractivity contribution >= 4 is 23.0 Å². The van der Waals surface area contributed by atoms with E-state index in [4.69, 9.17) is 9.47 Å². The van der Waals surface area contributed by atoms with E-state index in [0.29, 0.717) is 16.9 Å². The molecule has 1 aromatic carbocycles. The first-order valence-corrected chi connectivity index (χ1v) is 9.86. The van der Waals surface area contributed by atoms with Crippen molar-refractivity contribution in [1.82, 2.24) is 14.5 Å². The van der Waals surface area contributed by atoms with E-state index < -0.39 is 0 Å². The van der Waals surface area contributed by atoms with Gasteiger partial charge in [0.1, 0.15) is 0 Å². The van der Waals surface area contributed by atoms with Gasteiger partial charge in [-0.05, 0) is 32.0 Å². The minimum atomic E-state index is -0.228. The fraction of sp³-hybridized carbons (Fsp3) is 0.286. The number of thiazole rings is 1. The second kappa shape index (κ2) is 8.48. The lowest BCUT2D eigenvalue weighted by atomic mass is 10.1. The van der Waals surface area contributed by atoms with Crippen LogP contribution in [0.5, 0.6) is 11.5 Å². The number of nitrogens with zero attached hydrogens (tertiary/aromatic N) is 3. The fourth-order valence-corrected chi connectivity index (χ4v) is 3.87. The summed E-state index contributed by atoms with van der Waals surface area (Å²) in [5.74, 6) is 0.248. The summed E-state index contributed by atoms with van der Waals surface area (Å²) in [6.07, 6.45) is 1.73. The summed E-state index contributed by atoms with van der Waals surface area (Å²) in [6, 6.07) is 6.89. The van der Waals surface area contributed by atoms with Gasteiger partial charge in [-0.2, -0.15) is 0 Å². The van der Waals surface area contributed by atoms with Crippen molar-refractivity contribution in [1.29, 1.82) is 0 Å². The van der Waals surface area contributed by atoms with E-state index in [0.717, 1.165) is 16.5 Å². The van der Waals surface area contributed by atoms with Gasteiger partial charge >= 0.3 is 0 Å². The van der Waals surface area contributed by atoms with E-state index in [1.54, 1.807) is 38.5 Å². The Balaban J connectivity index is 1.87. The lowest BCUT2D eigenvalue weighted by molar-refractivity contribution is 0.0814. The number of methoxy groups -OCH3 is 1. The van der Waals surface area contributed by atoms with Crippen LogP contribution in [0, 0.1) is 13.8 Å². The maximum absolute atomic E-state index is 12.9. The summed E-state index contributed by atoms with van der Waals surface area (Å²) in [5.41, 5.74) is 2.63. The van der Waals surface area contributed by atoms with Gasteiger partial charge in [-0.1, -0.05) is 6.07 Å². The van der Waals surface area contributed by atoms with Crippen molar-refractivity contribution in [3.8, 4) is 16.6 Å². The molecule has 0 saturated heterocycles. The molecule has 8 heteroatoms. The standard InChI is InChI=1S/C21H23N3O4S/c1-13-11-16(14(2)24(13)21-22-9-10-29-21)17(25)12-28-19-15(20(26)23(3)4)7-6-8-18(19)27-5/h6-11H,12H2,1-5H3. The number of aryl methyl sites for hydroxylation is 1. The molecule has 7 nitrogen and oxygen atoms in total. The summed E-state index contributed by atoms with van der Waals surface area (Å²) in [7, 11) is 4.81. The zero-order valence-corrected chi connectivity index (χ0v) is 17.9. The molecule has 0 bridgehead atoms. The maximum Gasteiger partial charge on any atom is 0.257 e. The second-order valence-electron chi connectivity index (χ2n) is 6.68. The Kier molecular flexibility index (Phi) is 6.03. The minimum Gasteiger partial charge on any atom is -0.493 e. The zero-order valence-electron chi connectivity index (χ0n) is 17.1. The highest BCUT2D eigenvalue weighted by Crippen LogP contribution is 2.32. The predicted molar refractivity (Wildman–Crippen MR) is 112 cm³/mol. The number of rotatable bonds is 7. The molecule has 0 aliphatic carbocycles. The smallest absolute Gasteiger partial charge is 0.257 e. The highest BCUT2D eigenvalue weighted by molar-refractivity contribution is 7.12. The van der Waals surface area contributed by atoms with E-state index in [9.17, 15) is 9.59 Å². The van der Waals surface area contributed by atoms with Crippen LogP contribution in [0.2, 0.25) is 0 Å². The molecule has 2 aromatic heterocycles. The average Bonchev–Trinajstić information content (AvgIpc) is 3.32. The van der Waals surface area contributed by atoms with Crippen molar-refractivity contribution in [3.05, 3.63) is 58.4 Å². The summed E-state index contributed by atoms with van der Waals surface area (Å²) in [5, 5.41) is 2.70. The number of ketones is 1. The van der Waals surface area contributed by atoms with Gasteiger partial charge in [0, 0.05) is 42.6 Å². The van der Waals surface area contributed by atoms with Gasteiger partial charge in [0.25, 0.3) is 5.91 Å². The molecule has 152 valence electrons.